The summed E-state index contributed by atoms with van der Waals surface area (Å²) in [6, 6.07) is 8.34. The third-order valence-corrected chi connectivity index (χ3v) is 2.96. The van der Waals surface area contributed by atoms with Crippen LogP contribution >= 0.6 is 0 Å². The van der Waals surface area contributed by atoms with Crippen LogP contribution in [0, 0.1) is 12.7 Å². The number of halogens is 1. The molecular weight excluding hydrogens is 259 g/mol. The van der Waals surface area contributed by atoms with Gasteiger partial charge in [-0.25, -0.2) is 4.39 Å². The molecule has 106 valence electrons. The van der Waals surface area contributed by atoms with Gasteiger partial charge in [-0.2, -0.15) is 0 Å². The van der Waals surface area contributed by atoms with Gasteiger partial charge in [0, 0.05) is 25.5 Å². The first-order valence-corrected chi connectivity index (χ1v) is 6.57. The van der Waals surface area contributed by atoms with Crippen molar-refractivity contribution in [2.75, 3.05) is 6.54 Å². The van der Waals surface area contributed by atoms with E-state index in [1.54, 1.807) is 18.2 Å². The molecule has 0 aliphatic rings. The molecule has 1 heterocycles. The fraction of sp³-hybridized carbons (Fsp3) is 0.333. The van der Waals surface area contributed by atoms with Crippen molar-refractivity contribution in [3.8, 4) is 0 Å². The molecule has 0 aliphatic heterocycles. The maximum Gasteiger partial charge on any atom is 0.220 e. The van der Waals surface area contributed by atoms with Gasteiger partial charge in [0.05, 0.1) is 5.69 Å². The average Bonchev–Trinajstić information content (AvgIpc) is 2.83. The van der Waals surface area contributed by atoms with Gasteiger partial charge in [-0.3, -0.25) is 4.79 Å². The predicted octanol–water partition coefficient (Wildman–Crippen LogP) is 2.41. The smallest absolute Gasteiger partial charge is 0.220 e. The summed E-state index contributed by atoms with van der Waals surface area (Å²) >= 11 is 0. The third-order valence-electron chi connectivity index (χ3n) is 2.96. The number of rotatable bonds is 6. The maximum absolute atomic E-state index is 13.4. The van der Waals surface area contributed by atoms with Crippen molar-refractivity contribution < 1.29 is 13.7 Å². The number of carbonyl (C=O) groups is 1. The van der Waals surface area contributed by atoms with E-state index in [0.717, 1.165) is 11.5 Å². The van der Waals surface area contributed by atoms with Crippen molar-refractivity contribution in [1.29, 1.82) is 0 Å². The number of amides is 1. The zero-order chi connectivity index (χ0) is 14.4. The minimum absolute atomic E-state index is 0.0894. The van der Waals surface area contributed by atoms with Crippen molar-refractivity contribution in [2.45, 2.75) is 26.2 Å². The summed E-state index contributed by atoms with van der Waals surface area (Å²) in [4.78, 5) is 11.6. The lowest BCUT2D eigenvalue weighted by molar-refractivity contribution is -0.121. The summed E-state index contributed by atoms with van der Waals surface area (Å²) in [6.07, 6.45) is 1.31. The van der Waals surface area contributed by atoms with E-state index in [9.17, 15) is 9.18 Å². The Hall–Kier alpha value is -2.17. The quantitative estimate of drug-likeness (QED) is 0.881. The SMILES string of the molecule is Cc1cc(CCNC(=O)CCc2ccccc2F)no1. The summed E-state index contributed by atoms with van der Waals surface area (Å²) < 4.78 is 18.3. The lowest BCUT2D eigenvalue weighted by Crippen LogP contribution is -2.26. The highest BCUT2D eigenvalue weighted by molar-refractivity contribution is 5.76. The number of hydrogen-bond donors (Lipinski definition) is 1. The van der Waals surface area contributed by atoms with E-state index < -0.39 is 0 Å². The fourth-order valence-electron chi connectivity index (χ4n) is 1.90. The van der Waals surface area contributed by atoms with Gasteiger partial charge in [-0.05, 0) is 25.0 Å². The molecule has 0 radical (unpaired) electrons. The highest BCUT2D eigenvalue weighted by Crippen LogP contribution is 2.08. The molecule has 2 aromatic rings. The molecule has 0 atom stereocenters. The molecule has 1 aromatic carbocycles. The van der Waals surface area contributed by atoms with Crippen molar-refractivity contribution in [3.05, 3.63) is 53.2 Å². The maximum atomic E-state index is 13.4. The number of carbonyl (C=O) groups excluding carboxylic acids is 1. The lowest BCUT2D eigenvalue weighted by Gasteiger charge is -2.04. The minimum atomic E-state index is -0.265. The monoisotopic (exact) mass is 276 g/mol. The van der Waals surface area contributed by atoms with Crippen LogP contribution in [-0.4, -0.2) is 17.6 Å². The molecule has 2 rings (SSSR count). The van der Waals surface area contributed by atoms with Crippen molar-refractivity contribution >= 4 is 5.91 Å². The second-order valence-corrected chi connectivity index (χ2v) is 4.62. The van der Waals surface area contributed by atoms with Crippen LogP contribution in [0.2, 0.25) is 0 Å². The summed E-state index contributed by atoms with van der Waals surface area (Å²) in [5.41, 5.74) is 1.38. The van der Waals surface area contributed by atoms with Crippen LogP contribution in [0.25, 0.3) is 0 Å². The van der Waals surface area contributed by atoms with Crippen molar-refractivity contribution in [1.82, 2.24) is 10.5 Å². The predicted molar refractivity (Wildman–Crippen MR) is 72.7 cm³/mol. The van der Waals surface area contributed by atoms with E-state index in [4.69, 9.17) is 4.52 Å². The highest BCUT2D eigenvalue weighted by Gasteiger charge is 2.06. The molecule has 4 nitrogen and oxygen atoms in total. The summed E-state index contributed by atoms with van der Waals surface area (Å²) in [5, 5.41) is 6.63. The summed E-state index contributed by atoms with van der Waals surface area (Å²) in [6.45, 7) is 2.32. The van der Waals surface area contributed by atoms with Crippen LogP contribution in [0.1, 0.15) is 23.4 Å². The first-order valence-electron chi connectivity index (χ1n) is 6.57. The largest absolute Gasteiger partial charge is 0.361 e. The average molecular weight is 276 g/mol. The van der Waals surface area contributed by atoms with Gasteiger partial charge >= 0.3 is 0 Å². The molecule has 0 unspecified atom stereocenters. The zero-order valence-electron chi connectivity index (χ0n) is 11.4. The zero-order valence-corrected chi connectivity index (χ0v) is 11.4. The van der Waals surface area contributed by atoms with Gasteiger partial charge in [0.2, 0.25) is 5.91 Å². The van der Waals surface area contributed by atoms with Crippen LogP contribution in [0.5, 0.6) is 0 Å². The van der Waals surface area contributed by atoms with Crippen LogP contribution < -0.4 is 5.32 Å². The van der Waals surface area contributed by atoms with E-state index in [1.165, 1.54) is 6.07 Å². The molecule has 1 N–H and O–H groups in total. The van der Waals surface area contributed by atoms with E-state index >= 15 is 0 Å². The number of nitrogens with one attached hydrogen (secondary N) is 1. The van der Waals surface area contributed by atoms with E-state index in [1.807, 2.05) is 13.0 Å². The van der Waals surface area contributed by atoms with Crippen molar-refractivity contribution in [3.63, 3.8) is 0 Å². The molecule has 20 heavy (non-hydrogen) atoms. The van der Waals surface area contributed by atoms with Gasteiger partial charge in [-0.15, -0.1) is 0 Å². The molecule has 5 heteroatoms. The standard InChI is InChI=1S/C15H17FN2O2/c1-11-10-13(18-20-11)8-9-17-15(19)7-6-12-4-2-3-5-14(12)16/h2-5,10H,6-9H2,1H3,(H,17,19). The first kappa shape index (κ1) is 14.2. The van der Waals surface area contributed by atoms with Crippen molar-refractivity contribution in [2.24, 2.45) is 0 Å². The normalized spacial score (nSPS) is 10.5. The van der Waals surface area contributed by atoms with Crippen LogP contribution in [0.15, 0.2) is 34.9 Å². The van der Waals surface area contributed by atoms with Gasteiger partial charge < -0.3 is 9.84 Å². The van der Waals surface area contributed by atoms with Crippen LogP contribution in [0.3, 0.4) is 0 Å². The Morgan fingerprint density at radius 2 is 2.15 bits per heavy atom. The number of nitrogens with zero attached hydrogens (tertiary/aromatic N) is 1. The molecule has 1 aromatic heterocycles. The summed E-state index contributed by atoms with van der Waals surface area (Å²) in [7, 11) is 0. The van der Waals surface area contributed by atoms with E-state index in [-0.39, 0.29) is 18.1 Å². The highest BCUT2D eigenvalue weighted by atomic mass is 19.1. The molecule has 0 saturated carbocycles. The second kappa shape index (κ2) is 6.84. The third kappa shape index (κ3) is 4.19. The Morgan fingerprint density at radius 3 is 2.85 bits per heavy atom. The molecule has 0 fully saturated rings. The Labute approximate surface area is 117 Å². The number of benzene rings is 1. The summed E-state index contributed by atoms with van der Waals surface area (Å²) in [5.74, 6) is 0.401. The number of aromatic nitrogens is 1. The lowest BCUT2D eigenvalue weighted by atomic mass is 10.1. The Balaban J connectivity index is 1.69. The molecule has 0 bridgehead atoms. The number of aryl methyl sites for hydroxylation is 2. The molecule has 0 saturated heterocycles. The minimum Gasteiger partial charge on any atom is -0.361 e. The van der Waals surface area contributed by atoms with Crippen LogP contribution in [0.4, 0.5) is 4.39 Å². The van der Waals surface area contributed by atoms with Gasteiger partial charge in [0.15, 0.2) is 0 Å². The molecule has 0 spiro atoms. The van der Waals surface area contributed by atoms with Gasteiger partial charge in [-0.1, -0.05) is 23.4 Å². The molecule has 0 aliphatic carbocycles. The number of hydrogen-bond acceptors (Lipinski definition) is 3. The van der Waals surface area contributed by atoms with E-state index in [0.29, 0.717) is 24.9 Å². The topological polar surface area (TPSA) is 55.1 Å². The Kier molecular flexibility index (Phi) is 4.87. The molecule has 1 amide bonds. The first-order chi connectivity index (χ1) is 9.65. The van der Waals surface area contributed by atoms with Gasteiger partial charge in [0.25, 0.3) is 0 Å². The van der Waals surface area contributed by atoms with Gasteiger partial charge in [0.1, 0.15) is 11.6 Å². The Morgan fingerprint density at radius 1 is 1.35 bits per heavy atom. The van der Waals surface area contributed by atoms with Crippen LogP contribution in [-0.2, 0) is 17.6 Å². The molecular formula is C15H17FN2O2. The fourth-order valence-corrected chi connectivity index (χ4v) is 1.90. The Bertz CT molecular complexity index is 581. The second-order valence-electron chi connectivity index (χ2n) is 4.62. The van der Waals surface area contributed by atoms with E-state index in [2.05, 4.69) is 10.5 Å².